The average molecular weight is 545 g/mol. The van der Waals surface area contributed by atoms with Gasteiger partial charge in [0.15, 0.2) is 8.68 Å². The fourth-order valence-corrected chi connectivity index (χ4v) is 6.52. The number of nitrogens with one attached hydrogen (secondary N) is 2. The highest BCUT2D eigenvalue weighted by Crippen LogP contribution is 2.28. The summed E-state index contributed by atoms with van der Waals surface area (Å²) < 4.78 is 12.0. The first-order valence-electron chi connectivity index (χ1n) is 10.0. The summed E-state index contributed by atoms with van der Waals surface area (Å²) >= 11 is 7.51. The first kappa shape index (κ1) is 26.1. The number of nitrogens with zero attached hydrogens (tertiary/aromatic N) is 2. The third-order valence-electron chi connectivity index (χ3n) is 3.83. The molecule has 33 heavy (non-hydrogen) atoms. The molecule has 8 nitrogen and oxygen atoms in total. The van der Waals surface area contributed by atoms with Gasteiger partial charge in [-0.1, -0.05) is 34.9 Å². The largest absolute Gasteiger partial charge is 0.468 e. The molecule has 3 aromatic heterocycles. The number of hydrogen-bond donors (Lipinski definition) is 2. The van der Waals surface area contributed by atoms with Crippen molar-refractivity contribution in [3.05, 3.63) is 48.3 Å². The van der Waals surface area contributed by atoms with Crippen molar-refractivity contribution in [1.82, 2.24) is 20.8 Å². The molecule has 0 saturated heterocycles. The Balaban J connectivity index is 1.19. The van der Waals surface area contributed by atoms with Gasteiger partial charge in [-0.3, -0.25) is 9.59 Å². The highest BCUT2D eigenvalue weighted by atomic mass is 32.2. The smallest absolute Gasteiger partial charge is 0.230 e. The van der Waals surface area contributed by atoms with Gasteiger partial charge in [0, 0.05) is 24.6 Å². The zero-order valence-electron chi connectivity index (χ0n) is 17.7. The van der Waals surface area contributed by atoms with E-state index in [1.807, 2.05) is 24.3 Å². The van der Waals surface area contributed by atoms with Gasteiger partial charge in [0.05, 0.1) is 35.5 Å². The minimum Gasteiger partial charge on any atom is -0.468 e. The molecule has 3 rings (SSSR count). The van der Waals surface area contributed by atoms with Gasteiger partial charge >= 0.3 is 0 Å². The molecule has 0 aliphatic rings. The molecule has 2 N–H and O–H groups in total. The predicted molar refractivity (Wildman–Crippen MR) is 137 cm³/mol. The Bertz CT molecular complexity index is 875. The highest BCUT2D eigenvalue weighted by Gasteiger charge is 2.10. The molecule has 0 unspecified atom stereocenters. The van der Waals surface area contributed by atoms with Gasteiger partial charge in [0.2, 0.25) is 11.8 Å². The van der Waals surface area contributed by atoms with Gasteiger partial charge in [-0.15, -0.1) is 10.2 Å². The van der Waals surface area contributed by atoms with E-state index in [-0.39, 0.29) is 23.3 Å². The monoisotopic (exact) mass is 544 g/mol. The molecule has 13 heteroatoms. The van der Waals surface area contributed by atoms with E-state index in [0.29, 0.717) is 13.1 Å². The number of rotatable bonds is 16. The average Bonchev–Trinajstić information content (AvgIpc) is 3.59. The molecule has 0 atom stereocenters. The molecule has 0 spiro atoms. The van der Waals surface area contributed by atoms with E-state index in [1.54, 1.807) is 36.1 Å². The van der Waals surface area contributed by atoms with Crippen LogP contribution in [0.15, 0.2) is 54.3 Å². The quantitative estimate of drug-likeness (QED) is 0.203. The summed E-state index contributed by atoms with van der Waals surface area (Å²) in [7, 11) is 0. The molecule has 0 aromatic carbocycles. The van der Waals surface area contributed by atoms with Crippen LogP contribution in [0, 0.1) is 0 Å². The van der Waals surface area contributed by atoms with Crippen LogP contribution in [-0.4, -0.2) is 58.1 Å². The molecular weight excluding hydrogens is 521 g/mol. The number of carbonyl (C=O) groups is 2. The Kier molecular flexibility index (Phi) is 12.2. The van der Waals surface area contributed by atoms with Crippen LogP contribution in [0.25, 0.3) is 0 Å². The lowest BCUT2D eigenvalue weighted by Gasteiger charge is -2.03. The Hall–Kier alpha value is -1.54. The fraction of sp³-hybridized carbons (Fsp3) is 0.400. The standard InChI is InChI=1S/C20H24N4O4S5/c25-17(21-5-9-29-11-15-3-1-7-27-15)13-31-19-23-24-20(33-19)32-14-18(26)22-6-10-30-12-16-4-2-8-28-16/h1-4,7-8H,5-6,9-14H2,(H,21,25)(H,22,26). The normalized spacial score (nSPS) is 10.9. The van der Waals surface area contributed by atoms with Crippen molar-refractivity contribution in [3.63, 3.8) is 0 Å². The zero-order chi connectivity index (χ0) is 23.1. The number of furan rings is 2. The highest BCUT2D eigenvalue weighted by molar-refractivity contribution is 8.03. The molecule has 0 bridgehead atoms. The minimum absolute atomic E-state index is 0.0349. The van der Waals surface area contributed by atoms with Crippen molar-refractivity contribution in [3.8, 4) is 0 Å². The zero-order valence-corrected chi connectivity index (χ0v) is 21.8. The van der Waals surface area contributed by atoms with E-state index in [1.165, 1.54) is 34.9 Å². The number of carbonyl (C=O) groups excluding carboxylic acids is 2. The topological polar surface area (TPSA) is 110 Å². The second kappa shape index (κ2) is 15.4. The van der Waals surface area contributed by atoms with Crippen molar-refractivity contribution < 1.29 is 18.4 Å². The third kappa shape index (κ3) is 11.0. The summed E-state index contributed by atoms with van der Waals surface area (Å²) in [6.45, 7) is 1.22. The number of amides is 2. The van der Waals surface area contributed by atoms with Crippen molar-refractivity contribution in [2.75, 3.05) is 36.1 Å². The van der Waals surface area contributed by atoms with Crippen molar-refractivity contribution >= 4 is 70.2 Å². The maximum absolute atomic E-state index is 12.0. The van der Waals surface area contributed by atoms with Crippen LogP contribution in [0.5, 0.6) is 0 Å². The second-order valence-electron chi connectivity index (χ2n) is 6.38. The number of hydrogen-bond acceptors (Lipinski definition) is 11. The van der Waals surface area contributed by atoms with Crippen molar-refractivity contribution in [1.29, 1.82) is 0 Å². The van der Waals surface area contributed by atoms with Crippen LogP contribution in [0.1, 0.15) is 11.5 Å². The van der Waals surface area contributed by atoms with E-state index in [0.717, 1.165) is 43.2 Å². The summed E-state index contributed by atoms with van der Waals surface area (Å²) in [6, 6.07) is 7.61. The maximum atomic E-state index is 12.0. The Morgan fingerprint density at radius 1 is 0.818 bits per heavy atom. The molecule has 3 heterocycles. The molecule has 0 aliphatic carbocycles. The molecule has 2 amide bonds. The van der Waals surface area contributed by atoms with Gasteiger partial charge in [-0.25, -0.2) is 0 Å². The van der Waals surface area contributed by atoms with Crippen LogP contribution in [0.4, 0.5) is 0 Å². The van der Waals surface area contributed by atoms with Crippen LogP contribution in [0.3, 0.4) is 0 Å². The van der Waals surface area contributed by atoms with E-state index in [9.17, 15) is 9.59 Å². The maximum Gasteiger partial charge on any atom is 0.230 e. The molecule has 3 aromatic rings. The van der Waals surface area contributed by atoms with Gasteiger partial charge in [-0.05, 0) is 24.3 Å². The number of aromatic nitrogens is 2. The summed E-state index contributed by atoms with van der Waals surface area (Å²) in [5.41, 5.74) is 0. The van der Waals surface area contributed by atoms with E-state index >= 15 is 0 Å². The van der Waals surface area contributed by atoms with Gasteiger partial charge in [0.1, 0.15) is 11.5 Å². The summed E-state index contributed by atoms with van der Waals surface area (Å²) in [5.74, 6) is 5.62. The van der Waals surface area contributed by atoms with Crippen LogP contribution in [0.2, 0.25) is 0 Å². The Morgan fingerprint density at radius 3 is 1.73 bits per heavy atom. The van der Waals surface area contributed by atoms with Crippen LogP contribution >= 0.6 is 58.4 Å². The number of thioether (sulfide) groups is 4. The van der Waals surface area contributed by atoms with E-state index < -0.39 is 0 Å². The Morgan fingerprint density at radius 2 is 1.30 bits per heavy atom. The molecular formula is C20H24N4O4S5. The SMILES string of the molecule is O=C(CSc1nnc(SCC(=O)NCCSCc2ccco2)s1)NCCSCc1ccco1. The van der Waals surface area contributed by atoms with Crippen LogP contribution in [-0.2, 0) is 21.1 Å². The lowest BCUT2D eigenvalue weighted by atomic mass is 10.5. The molecule has 0 saturated carbocycles. The fourth-order valence-electron chi connectivity index (χ4n) is 2.33. The molecule has 0 fully saturated rings. The Labute approximate surface area is 213 Å². The summed E-state index contributed by atoms with van der Waals surface area (Å²) in [5, 5.41) is 14.0. The van der Waals surface area contributed by atoms with Crippen LogP contribution < -0.4 is 10.6 Å². The van der Waals surface area contributed by atoms with E-state index in [2.05, 4.69) is 20.8 Å². The molecule has 0 radical (unpaired) electrons. The van der Waals surface area contributed by atoms with Gasteiger partial charge in [0.25, 0.3) is 0 Å². The minimum atomic E-state index is -0.0349. The summed E-state index contributed by atoms with van der Waals surface area (Å²) in [6.07, 6.45) is 3.32. The van der Waals surface area contributed by atoms with E-state index in [4.69, 9.17) is 8.83 Å². The molecule has 178 valence electrons. The second-order valence-corrected chi connectivity index (χ2v) is 12.0. The summed E-state index contributed by atoms with van der Waals surface area (Å²) in [4.78, 5) is 24.0. The van der Waals surface area contributed by atoms with Gasteiger partial charge < -0.3 is 19.5 Å². The van der Waals surface area contributed by atoms with Crippen molar-refractivity contribution in [2.24, 2.45) is 0 Å². The lowest BCUT2D eigenvalue weighted by Crippen LogP contribution is -2.27. The molecule has 0 aliphatic heterocycles. The van der Waals surface area contributed by atoms with Gasteiger partial charge in [-0.2, -0.15) is 23.5 Å². The predicted octanol–water partition coefficient (Wildman–Crippen LogP) is 4.01. The first-order valence-corrected chi connectivity index (χ1v) is 15.1. The first-order chi connectivity index (χ1) is 16.2. The van der Waals surface area contributed by atoms with Crippen molar-refractivity contribution in [2.45, 2.75) is 20.2 Å². The third-order valence-corrected chi connectivity index (χ3v) is 8.98. The lowest BCUT2D eigenvalue weighted by molar-refractivity contribution is -0.119.